The molecular weight excluding hydrogens is 320 g/mol. The van der Waals surface area contributed by atoms with Gasteiger partial charge in [-0.15, -0.1) is 0 Å². The number of carbonyl (C=O) groups excluding carboxylic acids is 1. The van der Waals surface area contributed by atoms with Gasteiger partial charge in [-0.3, -0.25) is 4.79 Å². The summed E-state index contributed by atoms with van der Waals surface area (Å²) in [4.78, 5) is 16.3. The zero-order chi connectivity index (χ0) is 14.5. The minimum absolute atomic E-state index is 0.322. The SMILES string of the molecule is CNc1ncccc1C(=O)Nc1cc(Br)ccc1C#N. The van der Waals surface area contributed by atoms with E-state index in [4.69, 9.17) is 5.26 Å². The summed E-state index contributed by atoms with van der Waals surface area (Å²) in [6.07, 6.45) is 1.60. The van der Waals surface area contributed by atoms with Gasteiger partial charge in [0, 0.05) is 17.7 Å². The number of nitrogens with one attached hydrogen (secondary N) is 2. The summed E-state index contributed by atoms with van der Waals surface area (Å²) < 4.78 is 0.784. The first kappa shape index (κ1) is 14.0. The average Bonchev–Trinajstić information content (AvgIpc) is 2.47. The lowest BCUT2D eigenvalue weighted by Crippen LogP contribution is -2.15. The third-order valence-corrected chi connectivity index (χ3v) is 3.13. The fourth-order valence-electron chi connectivity index (χ4n) is 1.69. The number of rotatable bonds is 3. The molecule has 0 bridgehead atoms. The summed E-state index contributed by atoms with van der Waals surface area (Å²) >= 11 is 3.31. The van der Waals surface area contributed by atoms with Crippen LogP contribution in [0.5, 0.6) is 0 Å². The van der Waals surface area contributed by atoms with Crippen molar-refractivity contribution < 1.29 is 4.79 Å². The Balaban J connectivity index is 2.33. The van der Waals surface area contributed by atoms with Gasteiger partial charge in [-0.25, -0.2) is 4.98 Å². The average molecular weight is 331 g/mol. The molecule has 100 valence electrons. The zero-order valence-corrected chi connectivity index (χ0v) is 12.2. The molecule has 2 aromatic rings. The first-order chi connectivity index (χ1) is 9.65. The Labute approximate surface area is 124 Å². The van der Waals surface area contributed by atoms with Crippen LogP contribution in [0.4, 0.5) is 11.5 Å². The molecular formula is C14H11BrN4O. The molecule has 0 atom stereocenters. The van der Waals surface area contributed by atoms with Crippen LogP contribution in [0, 0.1) is 11.3 Å². The molecule has 2 N–H and O–H groups in total. The maximum absolute atomic E-state index is 12.3. The lowest BCUT2D eigenvalue weighted by Gasteiger charge is -2.10. The minimum Gasteiger partial charge on any atom is -0.372 e. The second kappa shape index (κ2) is 6.17. The molecule has 0 aliphatic rings. The van der Waals surface area contributed by atoms with Gasteiger partial charge in [-0.2, -0.15) is 5.26 Å². The molecule has 0 aliphatic heterocycles. The monoisotopic (exact) mass is 330 g/mol. The highest BCUT2D eigenvalue weighted by molar-refractivity contribution is 9.10. The van der Waals surface area contributed by atoms with Gasteiger partial charge in [-0.05, 0) is 30.3 Å². The minimum atomic E-state index is -0.322. The Morgan fingerprint density at radius 2 is 2.20 bits per heavy atom. The maximum Gasteiger partial charge on any atom is 0.259 e. The number of benzene rings is 1. The zero-order valence-electron chi connectivity index (χ0n) is 10.6. The predicted molar refractivity (Wildman–Crippen MR) is 80.6 cm³/mol. The van der Waals surface area contributed by atoms with Crippen molar-refractivity contribution in [3.8, 4) is 6.07 Å². The Morgan fingerprint density at radius 1 is 1.40 bits per heavy atom. The number of halogens is 1. The summed E-state index contributed by atoms with van der Waals surface area (Å²) in [6.45, 7) is 0. The van der Waals surface area contributed by atoms with E-state index >= 15 is 0 Å². The van der Waals surface area contributed by atoms with Crippen molar-refractivity contribution in [1.29, 1.82) is 5.26 Å². The number of hydrogen-bond acceptors (Lipinski definition) is 4. The van der Waals surface area contributed by atoms with Crippen LogP contribution in [0.3, 0.4) is 0 Å². The van der Waals surface area contributed by atoms with Gasteiger partial charge in [0.1, 0.15) is 11.9 Å². The van der Waals surface area contributed by atoms with Crippen LogP contribution in [-0.2, 0) is 0 Å². The van der Waals surface area contributed by atoms with Gasteiger partial charge < -0.3 is 10.6 Å². The van der Waals surface area contributed by atoms with E-state index in [1.165, 1.54) is 0 Å². The molecule has 1 amide bonds. The summed E-state index contributed by atoms with van der Waals surface area (Å²) in [5.41, 5.74) is 1.27. The van der Waals surface area contributed by atoms with Gasteiger partial charge in [0.2, 0.25) is 0 Å². The Hall–Kier alpha value is -2.39. The summed E-state index contributed by atoms with van der Waals surface area (Å²) in [5, 5.41) is 14.6. The van der Waals surface area contributed by atoms with Crippen LogP contribution < -0.4 is 10.6 Å². The number of pyridine rings is 1. The van der Waals surface area contributed by atoms with Crippen LogP contribution in [-0.4, -0.2) is 17.9 Å². The van der Waals surface area contributed by atoms with E-state index in [9.17, 15) is 4.79 Å². The van der Waals surface area contributed by atoms with Crippen molar-refractivity contribution in [2.45, 2.75) is 0 Å². The first-order valence-corrected chi connectivity index (χ1v) is 6.58. The Morgan fingerprint density at radius 3 is 2.90 bits per heavy atom. The van der Waals surface area contributed by atoms with E-state index < -0.39 is 0 Å². The molecule has 5 nitrogen and oxygen atoms in total. The molecule has 20 heavy (non-hydrogen) atoms. The van der Waals surface area contributed by atoms with E-state index in [1.807, 2.05) is 6.07 Å². The van der Waals surface area contributed by atoms with Gasteiger partial charge in [0.25, 0.3) is 5.91 Å². The van der Waals surface area contributed by atoms with Crippen molar-refractivity contribution in [3.05, 3.63) is 52.1 Å². The number of hydrogen-bond donors (Lipinski definition) is 2. The third-order valence-electron chi connectivity index (χ3n) is 2.64. The second-order valence-corrected chi connectivity index (χ2v) is 4.82. The van der Waals surface area contributed by atoms with Crippen LogP contribution in [0.25, 0.3) is 0 Å². The molecule has 0 saturated carbocycles. The third kappa shape index (κ3) is 2.95. The smallest absolute Gasteiger partial charge is 0.259 e. The largest absolute Gasteiger partial charge is 0.372 e. The molecule has 0 saturated heterocycles. The van der Waals surface area contributed by atoms with Crippen molar-refractivity contribution in [1.82, 2.24) is 4.98 Å². The molecule has 0 spiro atoms. The summed E-state index contributed by atoms with van der Waals surface area (Å²) in [7, 11) is 1.69. The van der Waals surface area contributed by atoms with Crippen molar-refractivity contribution >= 4 is 33.3 Å². The van der Waals surface area contributed by atoms with Crippen LogP contribution >= 0.6 is 15.9 Å². The molecule has 0 radical (unpaired) electrons. The van der Waals surface area contributed by atoms with Crippen molar-refractivity contribution in [2.75, 3.05) is 17.7 Å². The van der Waals surface area contributed by atoms with Crippen LogP contribution in [0.1, 0.15) is 15.9 Å². The van der Waals surface area contributed by atoms with Gasteiger partial charge in [-0.1, -0.05) is 15.9 Å². The van der Waals surface area contributed by atoms with Crippen molar-refractivity contribution in [2.24, 2.45) is 0 Å². The lowest BCUT2D eigenvalue weighted by molar-refractivity contribution is 0.102. The topological polar surface area (TPSA) is 77.8 Å². The number of carbonyl (C=O) groups is 1. The highest BCUT2D eigenvalue weighted by Gasteiger charge is 2.13. The molecule has 2 rings (SSSR count). The Bertz CT molecular complexity index is 694. The summed E-state index contributed by atoms with van der Waals surface area (Å²) in [6, 6.07) is 10.5. The fraction of sp³-hybridized carbons (Fsp3) is 0.0714. The van der Waals surface area contributed by atoms with E-state index in [-0.39, 0.29) is 5.91 Å². The molecule has 1 aromatic heterocycles. The second-order valence-electron chi connectivity index (χ2n) is 3.91. The highest BCUT2D eigenvalue weighted by atomic mass is 79.9. The molecule has 1 aromatic carbocycles. The molecule has 6 heteroatoms. The quantitative estimate of drug-likeness (QED) is 0.906. The van der Waals surface area contributed by atoms with Gasteiger partial charge in [0.15, 0.2) is 0 Å². The number of nitrogens with zero attached hydrogens (tertiary/aromatic N) is 2. The standard InChI is InChI=1S/C14H11BrN4O/c1-17-13-11(3-2-6-18-13)14(20)19-12-7-10(15)5-4-9(12)8-16/h2-7H,1H3,(H,17,18)(H,19,20). The fourth-order valence-corrected chi connectivity index (χ4v) is 2.06. The normalized spacial score (nSPS) is 9.65. The highest BCUT2D eigenvalue weighted by Crippen LogP contribution is 2.22. The van der Waals surface area contributed by atoms with Crippen LogP contribution in [0.15, 0.2) is 41.0 Å². The Kier molecular flexibility index (Phi) is 4.33. The molecule has 0 unspecified atom stereocenters. The van der Waals surface area contributed by atoms with E-state index in [2.05, 4.69) is 31.5 Å². The number of anilines is 2. The maximum atomic E-state index is 12.3. The predicted octanol–water partition coefficient (Wildman–Crippen LogP) is 3.01. The molecule has 0 fully saturated rings. The molecule has 1 heterocycles. The lowest BCUT2D eigenvalue weighted by atomic mass is 10.1. The van der Waals surface area contributed by atoms with Gasteiger partial charge in [0.05, 0.1) is 16.8 Å². The first-order valence-electron chi connectivity index (χ1n) is 5.79. The van der Waals surface area contributed by atoms with Crippen molar-refractivity contribution in [3.63, 3.8) is 0 Å². The van der Waals surface area contributed by atoms with E-state index in [1.54, 1.807) is 43.6 Å². The van der Waals surface area contributed by atoms with Gasteiger partial charge >= 0.3 is 0 Å². The number of amides is 1. The number of aromatic nitrogens is 1. The molecule has 0 aliphatic carbocycles. The van der Waals surface area contributed by atoms with E-state index in [0.29, 0.717) is 22.6 Å². The van der Waals surface area contributed by atoms with Crippen LogP contribution in [0.2, 0.25) is 0 Å². The number of nitriles is 1. The summed E-state index contributed by atoms with van der Waals surface area (Å²) in [5.74, 6) is 0.163. The van der Waals surface area contributed by atoms with E-state index in [0.717, 1.165) is 4.47 Å².